The van der Waals surface area contributed by atoms with E-state index in [1.807, 2.05) is 0 Å². The van der Waals surface area contributed by atoms with Crippen molar-refractivity contribution in [1.29, 1.82) is 0 Å². The second kappa shape index (κ2) is 8.22. The minimum atomic E-state index is -1.35. The molecule has 4 rings (SSSR count). The van der Waals surface area contributed by atoms with E-state index in [0.717, 1.165) is 4.90 Å². The third kappa shape index (κ3) is 3.82. The number of carbonyl (C=O) groups is 4. The Morgan fingerprint density at radius 3 is 2.47 bits per heavy atom. The summed E-state index contributed by atoms with van der Waals surface area (Å²) in [6.07, 6.45) is 0. The van der Waals surface area contributed by atoms with Gasteiger partial charge in [-0.3, -0.25) is 14.5 Å². The maximum Gasteiger partial charge on any atom is 0.337 e. The topological polar surface area (TPSA) is 123 Å². The number of methoxy groups -OCH3 is 1. The highest BCUT2D eigenvalue weighted by molar-refractivity contribution is 6.10. The Morgan fingerprint density at radius 2 is 1.78 bits per heavy atom. The Kier molecular flexibility index (Phi) is 5.43. The van der Waals surface area contributed by atoms with Gasteiger partial charge in [0.05, 0.1) is 12.7 Å². The van der Waals surface area contributed by atoms with Crippen molar-refractivity contribution in [3.63, 3.8) is 0 Å². The lowest BCUT2D eigenvalue weighted by Gasteiger charge is -2.25. The first kappa shape index (κ1) is 21.2. The number of nitrogens with one attached hydrogen (secondary N) is 2. The van der Waals surface area contributed by atoms with Crippen molar-refractivity contribution in [3.05, 3.63) is 53.6 Å². The van der Waals surface area contributed by atoms with Gasteiger partial charge in [0.25, 0.3) is 5.91 Å². The van der Waals surface area contributed by atoms with Crippen molar-refractivity contribution in [1.82, 2.24) is 10.2 Å². The molecule has 1 saturated heterocycles. The fraction of sp³-hybridized carbons (Fsp3) is 0.273. The predicted molar refractivity (Wildman–Crippen MR) is 111 cm³/mol. The van der Waals surface area contributed by atoms with Crippen LogP contribution in [-0.2, 0) is 19.9 Å². The molecule has 1 unspecified atom stereocenters. The van der Waals surface area contributed by atoms with Crippen molar-refractivity contribution in [2.75, 3.05) is 32.2 Å². The summed E-state index contributed by atoms with van der Waals surface area (Å²) in [4.78, 5) is 50.4. The lowest BCUT2D eigenvalue weighted by Crippen LogP contribution is -2.42. The molecule has 10 heteroatoms. The molecule has 2 aliphatic rings. The number of imide groups is 1. The van der Waals surface area contributed by atoms with E-state index in [1.54, 1.807) is 25.1 Å². The first-order valence-corrected chi connectivity index (χ1v) is 9.84. The van der Waals surface area contributed by atoms with Crippen LogP contribution in [0.3, 0.4) is 0 Å². The maximum atomic E-state index is 13.1. The minimum Gasteiger partial charge on any atom is -0.486 e. The van der Waals surface area contributed by atoms with Gasteiger partial charge in [0.15, 0.2) is 11.5 Å². The van der Waals surface area contributed by atoms with Gasteiger partial charge in [0.1, 0.15) is 25.3 Å². The van der Waals surface area contributed by atoms with Crippen LogP contribution in [0.1, 0.15) is 22.8 Å². The van der Waals surface area contributed by atoms with Gasteiger partial charge in [-0.25, -0.2) is 9.59 Å². The highest BCUT2D eigenvalue weighted by Crippen LogP contribution is 2.36. The molecule has 0 bridgehead atoms. The average Bonchev–Trinajstić information content (AvgIpc) is 3.02. The number of benzene rings is 2. The third-order valence-electron chi connectivity index (χ3n) is 5.29. The number of fused-ring (bicyclic) bond motifs is 1. The zero-order valence-electron chi connectivity index (χ0n) is 17.5. The van der Waals surface area contributed by atoms with E-state index in [2.05, 4.69) is 15.4 Å². The number of nitrogens with zero attached hydrogens (tertiary/aromatic N) is 1. The van der Waals surface area contributed by atoms with Crippen LogP contribution in [0, 0.1) is 0 Å². The molecule has 1 fully saturated rings. The van der Waals surface area contributed by atoms with Crippen molar-refractivity contribution in [2.45, 2.75) is 12.5 Å². The molecule has 0 aromatic heterocycles. The number of anilines is 1. The summed E-state index contributed by atoms with van der Waals surface area (Å²) >= 11 is 0. The molecule has 0 saturated carbocycles. The van der Waals surface area contributed by atoms with E-state index < -0.39 is 35.9 Å². The van der Waals surface area contributed by atoms with E-state index in [-0.39, 0.29) is 0 Å². The van der Waals surface area contributed by atoms with Gasteiger partial charge in [0.2, 0.25) is 5.91 Å². The normalized spacial score (nSPS) is 19.4. The number of carbonyl (C=O) groups excluding carboxylic acids is 4. The van der Waals surface area contributed by atoms with Gasteiger partial charge in [-0.1, -0.05) is 6.07 Å². The van der Waals surface area contributed by atoms with Crippen LogP contribution >= 0.6 is 0 Å². The average molecular weight is 439 g/mol. The number of amides is 4. The van der Waals surface area contributed by atoms with E-state index in [0.29, 0.717) is 41.5 Å². The monoisotopic (exact) mass is 439 g/mol. The molecule has 2 aromatic rings. The SMILES string of the molecule is COC(=O)c1ccc(NC(=O)CN2C(=O)NC(C)(c3ccc4c(c3)OCCO4)C2=O)cc1. The molecule has 2 aromatic carbocycles. The molecule has 166 valence electrons. The summed E-state index contributed by atoms with van der Waals surface area (Å²) < 4.78 is 15.7. The number of ether oxygens (including phenoxy) is 3. The summed E-state index contributed by atoms with van der Waals surface area (Å²) in [7, 11) is 1.27. The van der Waals surface area contributed by atoms with Crippen LogP contribution in [0.4, 0.5) is 10.5 Å². The van der Waals surface area contributed by atoms with Crippen LogP contribution in [0.25, 0.3) is 0 Å². The maximum absolute atomic E-state index is 13.1. The molecular formula is C22H21N3O7. The number of esters is 1. The van der Waals surface area contributed by atoms with E-state index in [1.165, 1.54) is 31.4 Å². The minimum absolute atomic E-state index is 0.329. The van der Waals surface area contributed by atoms with Gasteiger partial charge >= 0.3 is 12.0 Å². The number of hydrogen-bond donors (Lipinski definition) is 2. The molecule has 4 amide bonds. The summed E-state index contributed by atoms with van der Waals surface area (Å²) in [5, 5.41) is 5.26. The zero-order chi connectivity index (χ0) is 22.9. The molecule has 10 nitrogen and oxygen atoms in total. The quantitative estimate of drug-likeness (QED) is 0.536. The van der Waals surface area contributed by atoms with Crippen molar-refractivity contribution < 1.29 is 33.4 Å². The Hall–Kier alpha value is -4.08. The molecule has 2 N–H and O–H groups in total. The van der Waals surface area contributed by atoms with Crippen molar-refractivity contribution >= 4 is 29.5 Å². The number of rotatable bonds is 5. The summed E-state index contributed by atoms with van der Waals surface area (Å²) in [6, 6.07) is 10.4. The summed E-state index contributed by atoms with van der Waals surface area (Å²) in [6.45, 7) is 1.93. The highest BCUT2D eigenvalue weighted by Gasteiger charge is 2.49. The number of hydrogen-bond acceptors (Lipinski definition) is 7. The van der Waals surface area contributed by atoms with Crippen LogP contribution in [0.2, 0.25) is 0 Å². The Morgan fingerprint density at radius 1 is 1.09 bits per heavy atom. The summed E-state index contributed by atoms with van der Waals surface area (Å²) in [5.74, 6) is -0.569. The van der Waals surface area contributed by atoms with Crippen LogP contribution < -0.4 is 20.1 Å². The predicted octanol–water partition coefficient (Wildman–Crippen LogP) is 1.65. The second-order valence-electron chi connectivity index (χ2n) is 7.42. The fourth-order valence-electron chi connectivity index (χ4n) is 3.54. The van der Waals surface area contributed by atoms with E-state index >= 15 is 0 Å². The molecule has 0 spiro atoms. The first-order valence-electron chi connectivity index (χ1n) is 9.84. The molecule has 32 heavy (non-hydrogen) atoms. The largest absolute Gasteiger partial charge is 0.486 e. The van der Waals surface area contributed by atoms with Crippen LogP contribution in [0.5, 0.6) is 11.5 Å². The lowest BCUT2D eigenvalue weighted by atomic mass is 9.91. The molecule has 0 radical (unpaired) electrons. The number of urea groups is 1. The van der Waals surface area contributed by atoms with Gasteiger partial charge in [-0.2, -0.15) is 0 Å². The zero-order valence-corrected chi connectivity index (χ0v) is 17.5. The third-order valence-corrected chi connectivity index (χ3v) is 5.29. The first-order chi connectivity index (χ1) is 15.3. The van der Waals surface area contributed by atoms with Crippen LogP contribution in [0.15, 0.2) is 42.5 Å². The molecule has 0 aliphatic carbocycles. The Labute approximate surface area is 183 Å². The molecule has 2 aliphatic heterocycles. The lowest BCUT2D eigenvalue weighted by molar-refractivity contribution is -0.133. The molecular weight excluding hydrogens is 418 g/mol. The van der Waals surface area contributed by atoms with Crippen molar-refractivity contribution in [3.8, 4) is 11.5 Å². The van der Waals surface area contributed by atoms with Gasteiger partial charge in [-0.05, 0) is 48.9 Å². The fourth-order valence-corrected chi connectivity index (χ4v) is 3.54. The second-order valence-corrected chi connectivity index (χ2v) is 7.42. The standard InChI is InChI=1S/C22H21N3O7/c1-22(14-5-8-16-17(11-14)32-10-9-31-16)20(28)25(21(29)24-22)12-18(26)23-15-6-3-13(4-7-15)19(27)30-2/h3-8,11H,9-10,12H2,1-2H3,(H,23,26)(H,24,29). The highest BCUT2D eigenvalue weighted by atomic mass is 16.6. The Bertz CT molecular complexity index is 1100. The van der Waals surface area contributed by atoms with Gasteiger partial charge in [-0.15, -0.1) is 0 Å². The molecule has 1 atom stereocenters. The Balaban J connectivity index is 1.46. The van der Waals surface area contributed by atoms with Crippen molar-refractivity contribution in [2.24, 2.45) is 0 Å². The van der Waals surface area contributed by atoms with Crippen LogP contribution in [-0.4, -0.2) is 55.6 Å². The van der Waals surface area contributed by atoms with Gasteiger partial charge in [0, 0.05) is 5.69 Å². The van der Waals surface area contributed by atoms with E-state index in [9.17, 15) is 19.2 Å². The molecule has 2 heterocycles. The smallest absolute Gasteiger partial charge is 0.337 e. The summed E-state index contributed by atoms with van der Waals surface area (Å²) in [5.41, 5.74) is -0.101. The van der Waals surface area contributed by atoms with Gasteiger partial charge < -0.3 is 24.8 Å². The van der Waals surface area contributed by atoms with E-state index in [4.69, 9.17) is 9.47 Å².